The lowest BCUT2D eigenvalue weighted by Crippen LogP contribution is -2.50. The molecule has 2 N–H and O–H groups in total. The van der Waals surface area contributed by atoms with E-state index in [2.05, 4.69) is 20.3 Å². The molecule has 144 valence electrons. The fourth-order valence-corrected chi connectivity index (χ4v) is 1.98. The second-order valence-corrected chi connectivity index (χ2v) is 5.90. The van der Waals surface area contributed by atoms with Crippen LogP contribution < -0.4 is 15.4 Å². The zero-order chi connectivity index (χ0) is 19.4. The van der Waals surface area contributed by atoms with Gasteiger partial charge in [-0.2, -0.15) is 13.2 Å². The molecule has 2 aromatic heterocycles. The standard InChI is InChI=1S/C16H18F3N5O2.2H2/c1-15(2,14(25)22-9-16(17,18)19)24-11-6-7-20-13(23-11)10-4-5-12(26-3)21-8-10;;/h4-8H,9H2,1-3H3,(H,22,25)(H,20,23,24);2*1H. The maximum absolute atomic E-state index is 12.3. The van der Waals surface area contributed by atoms with Crippen molar-refractivity contribution in [2.75, 3.05) is 19.0 Å². The highest BCUT2D eigenvalue weighted by molar-refractivity contribution is 5.88. The maximum atomic E-state index is 12.3. The third kappa shape index (κ3) is 5.30. The van der Waals surface area contributed by atoms with Gasteiger partial charge in [-0.3, -0.25) is 4.79 Å². The van der Waals surface area contributed by atoms with Crippen LogP contribution in [0, 0.1) is 0 Å². The molecule has 0 aromatic carbocycles. The molecule has 0 bridgehead atoms. The van der Waals surface area contributed by atoms with E-state index in [1.165, 1.54) is 39.4 Å². The van der Waals surface area contributed by atoms with E-state index >= 15 is 0 Å². The van der Waals surface area contributed by atoms with E-state index in [9.17, 15) is 18.0 Å². The number of amides is 1. The molecule has 1 amide bonds. The van der Waals surface area contributed by atoms with Crippen molar-refractivity contribution in [1.82, 2.24) is 20.3 Å². The minimum atomic E-state index is -4.48. The molecule has 0 spiro atoms. The van der Waals surface area contributed by atoms with Crippen molar-refractivity contribution in [3.05, 3.63) is 30.6 Å². The molecule has 7 nitrogen and oxygen atoms in total. The molecule has 0 unspecified atom stereocenters. The number of hydrogen-bond donors (Lipinski definition) is 2. The van der Waals surface area contributed by atoms with E-state index in [1.54, 1.807) is 12.1 Å². The Labute approximate surface area is 151 Å². The van der Waals surface area contributed by atoms with Gasteiger partial charge in [0.1, 0.15) is 17.9 Å². The van der Waals surface area contributed by atoms with Gasteiger partial charge < -0.3 is 15.4 Å². The lowest BCUT2D eigenvalue weighted by Gasteiger charge is -2.26. The van der Waals surface area contributed by atoms with Crippen molar-refractivity contribution in [2.24, 2.45) is 0 Å². The monoisotopic (exact) mass is 373 g/mol. The molecule has 2 rings (SSSR count). The largest absolute Gasteiger partial charge is 0.481 e. The fraction of sp³-hybridized carbons (Fsp3) is 0.375. The summed E-state index contributed by atoms with van der Waals surface area (Å²) in [7, 11) is 1.50. The predicted molar refractivity (Wildman–Crippen MR) is 92.8 cm³/mol. The maximum Gasteiger partial charge on any atom is 0.405 e. The van der Waals surface area contributed by atoms with Gasteiger partial charge >= 0.3 is 6.18 Å². The number of nitrogens with one attached hydrogen (secondary N) is 2. The number of aromatic nitrogens is 3. The number of ether oxygens (including phenoxy) is 1. The van der Waals surface area contributed by atoms with Crippen LogP contribution in [-0.4, -0.2) is 46.2 Å². The first-order valence-electron chi connectivity index (χ1n) is 7.57. The van der Waals surface area contributed by atoms with Crippen LogP contribution in [0.25, 0.3) is 11.4 Å². The van der Waals surface area contributed by atoms with Gasteiger partial charge in [-0.1, -0.05) is 0 Å². The van der Waals surface area contributed by atoms with Crippen LogP contribution in [0.2, 0.25) is 0 Å². The molecule has 0 aliphatic heterocycles. The van der Waals surface area contributed by atoms with Crippen LogP contribution in [0.15, 0.2) is 30.6 Å². The second kappa shape index (κ2) is 7.54. The molecule has 0 aliphatic rings. The molecule has 0 fully saturated rings. The topological polar surface area (TPSA) is 89.0 Å². The molecule has 2 aromatic rings. The third-order valence-corrected chi connectivity index (χ3v) is 3.32. The summed E-state index contributed by atoms with van der Waals surface area (Å²) >= 11 is 0. The summed E-state index contributed by atoms with van der Waals surface area (Å²) in [6.07, 6.45) is -1.48. The summed E-state index contributed by atoms with van der Waals surface area (Å²) in [5, 5.41) is 4.66. The van der Waals surface area contributed by atoms with Gasteiger partial charge in [0.2, 0.25) is 11.8 Å². The highest BCUT2D eigenvalue weighted by Gasteiger charge is 2.33. The van der Waals surface area contributed by atoms with Crippen molar-refractivity contribution >= 4 is 11.7 Å². The number of nitrogens with zero attached hydrogens (tertiary/aromatic N) is 3. The Morgan fingerprint density at radius 3 is 2.54 bits per heavy atom. The minimum absolute atomic E-state index is 0. The Hall–Kier alpha value is -2.91. The molecule has 0 aliphatic carbocycles. The number of alkyl halides is 3. The normalized spacial score (nSPS) is 11.8. The summed E-state index contributed by atoms with van der Waals surface area (Å²) in [6.45, 7) is 1.51. The van der Waals surface area contributed by atoms with Gasteiger partial charge in [0.05, 0.1) is 7.11 Å². The van der Waals surface area contributed by atoms with Gasteiger partial charge in [-0.15, -0.1) is 0 Å². The summed E-state index contributed by atoms with van der Waals surface area (Å²) < 4.78 is 41.7. The molecule has 2 heterocycles. The van der Waals surface area contributed by atoms with Gasteiger partial charge in [-0.25, -0.2) is 15.0 Å². The van der Waals surface area contributed by atoms with Crippen LogP contribution in [0.4, 0.5) is 19.0 Å². The number of anilines is 1. The Bertz CT molecular complexity index is 774. The van der Waals surface area contributed by atoms with E-state index < -0.39 is 24.2 Å². The Morgan fingerprint density at radius 1 is 1.23 bits per heavy atom. The van der Waals surface area contributed by atoms with E-state index in [4.69, 9.17) is 4.74 Å². The molecule has 0 radical (unpaired) electrons. The zero-order valence-corrected chi connectivity index (χ0v) is 14.4. The highest BCUT2D eigenvalue weighted by atomic mass is 19.4. The quantitative estimate of drug-likeness (QED) is 0.809. The Morgan fingerprint density at radius 2 is 1.96 bits per heavy atom. The van der Waals surface area contributed by atoms with Crippen molar-refractivity contribution in [2.45, 2.75) is 25.6 Å². The average molecular weight is 373 g/mol. The van der Waals surface area contributed by atoms with Gasteiger partial charge in [0.25, 0.3) is 0 Å². The molecule has 10 heteroatoms. The molecular formula is C16H22F3N5O2. The predicted octanol–water partition coefficient (Wildman–Crippen LogP) is 2.91. The highest BCUT2D eigenvalue weighted by Crippen LogP contribution is 2.20. The van der Waals surface area contributed by atoms with Crippen LogP contribution in [-0.2, 0) is 4.79 Å². The zero-order valence-electron chi connectivity index (χ0n) is 14.4. The van der Waals surface area contributed by atoms with Gasteiger partial charge in [-0.05, 0) is 26.0 Å². The summed E-state index contributed by atoms with van der Waals surface area (Å²) in [4.78, 5) is 24.5. The average Bonchev–Trinajstić information content (AvgIpc) is 2.59. The van der Waals surface area contributed by atoms with Crippen LogP contribution >= 0.6 is 0 Å². The van der Waals surface area contributed by atoms with E-state index in [0.717, 1.165) is 0 Å². The number of rotatable bonds is 6. The number of carbonyl (C=O) groups excluding carboxylic acids is 1. The Kier molecular flexibility index (Phi) is 5.63. The lowest BCUT2D eigenvalue weighted by molar-refractivity contribution is -0.140. The van der Waals surface area contributed by atoms with E-state index in [1.807, 2.05) is 5.32 Å². The smallest absolute Gasteiger partial charge is 0.405 e. The molecule has 0 saturated carbocycles. The first-order valence-corrected chi connectivity index (χ1v) is 7.57. The fourth-order valence-electron chi connectivity index (χ4n) is 1.98. The van der Waals surface area contributed by atoms with Crippen LogP contribution in [0.1, 0.15) is 16.7 Å². The van der Waals surface area contributed by atoms with Gasteiger partial charge in [0.15, 0.2) is 5.82 Å². The summed E-state index contributed by atoms with van der Waals surface area (Å²) in [5.41, 5.74) is -0.691. The van der Waals surface area contributed by atoms with Crippen molar-refractivity contribution < 1.29 is 25.6 Å². The minimum Gasteiger partial charge on any atom is -0.481 e. The van der Waals surface area contributed by atoms with Crippen molar-refractivity contribution in [3.63, 3.8) is 0 Å². The first kappa shape index (κ1) is 19.4. The number of carbonyl (C=O) groups is 1. The van der Waals surface area contributed by atoms with Crippen LogP contribution in [0.3, 0.4) is 0 Å². The van der Waals surface area contributed by atoms with Gasteiger partial charge in [0, 0.05) is 26.9 Å². The van der Waals surface area contributed by atoms with Crippen molar-refractivity contribution in [3.8, 4) is 17.3 Å². The van der Waals surface area contributed by atoms with E-state index in [-0.39, 0.29) is 8.67 Å². The third-order valence-electron chi connectivity index (χ3n) is 3.32. The molecule has 0 atom stereocenters. The molecular weight excluding hydrogens is 351 g/mol. The summed E-state index contributed by atoms with van der Waals surface area (Å²) in [5.74, 6) is 0.265. The van der Waals surface area contributed by atoms with E-state index in [0.29, 0.717) is 17.3 Å². The SMILES string of the molecule is COc1ccc(-c2nccc(NC(C)(C)C(=O)NCC(F)(F)F)n2)cn1.[HH].[HH]. The van der Waals surface area contributed by atoms with Crippen molar-refractivity contribution in [1.29, 1.82) is 0 Å². The first-order chi connectivity index (χ1) is 12.1. The van der Waals surface area contributed by atoms with Crippen LogP contribution in [0.5, 0.6) is 5.88 Å². The number of hydrogen-bond acceptors (Lipinski definition) is 6. The Balaban J connectivity index is 0.00000364. The molecule has 26 heavy (non-hydrogen) atoms. The second-order valence-electron chi connectivity index (χ2n) is 5.90. The summed E-state index contributed by atoms with van der Waals surface area (Å²) in [6, 6.07) is 4.87. The lowest BCUT2D eigenvalue weighted by atomic mass is 10.0. The molecule has 0 saturated heterocycles. The number of pyridine rings is 1. The number of methoxy groups -OCH3 is 1. The number of halogens is 3.